The van der Waals surface area contributed by atoms with Crippen molar-refractivity contribution in [3.63, 3.8) is 0 Å². The number of ether oxygens (including phenoxy) is 1. The number of carboxylic acid groups (broad SMARTS) is 1. The molecule has 6 nitrogen and oxygen atoms in total. The van der Waals surface area contributed by atoms with Gasteiger partial charge >= 0.3 is 12.1 Å². The molecule has 0 spiro atoms. The standard InChI is InChI=1S/C13H19N3O3/c1-13(2,3)10-9(5-8-16(10)12(17)18)19-11-14-6-4-7-15-11/h4,6-7,9-10H,5,8H2,1-3H3,(H,17,18). The number of hydrogen-bond acceptors (Lipinski definition) is 4. The van der Waals surface area contributed by atoms with Gasteiger partial charge < -0.3 is 14.7 Å². The van der Waals surface area contributed by atoms with Crippen molar-refractivity contribution in [1.82, 2.24) is 14.9 Å². The van der Waals surface area contributed by atoms with E-state index in [0.29, 0.717) is 19.0 Å². The van der Waals surface area contributed by atoms with E-state index >= 15 is 0 Å². The van der Waals surface area contributed by atoms with Crippen LogP contribution in [0.5, 0.6) is 6.01 Å². The Labute approximate surface area is 112 Å². The van der Waals surface area contributed by atoms with Crippen LogP contribution >= 0.6 is 0 Å². The number of hydrogen-bond donors (Lipinski definition) is 1. The number of carbonyl (C=O) groups is 1. The first kappa shape index (κ1) is 13.6. The quantitative estimate of drug-likeness (QED) is 0.885. The van der Waals surface area contributed by atoms with Gasteiger partial charge in [0.25, 0.3) is 0 Å². The van der Waals surface area contributed by atoms with Gasteiger partial charge in [-0.05, 0) is 11.5 Å². The van der Waals surface area contributed by atoms with Crippen molar-refractivity contribution in [2.24, 2.45) is 5.41 Å². The minimum absolute atomic E-state index is 0.200. The third-order valence-corrected chi connectivity index (χ3v) is 3.27. The van der Waals surface area contributed by atoms with Crippen LogP contribution in [0, 0.1) is 5.41 Å². The van der Waals surface area contributed by atoms with Crippen molar-refractivity contribution in [2.75, 3.05) is 6.54 Å². The number of rotatable bonds is 2. The summed E-state index contributed by atoms with van der Waals surface area (Å²) in [6, 6.07) is 1.81. The molecule has 1 aliphatic rings. The average molecular weight is 265 g/mol. The summed E-state index contributed by atoms with van der Waals surface area (Å²) in [4.78, 5) is 20.8. The molecule has 0 saturated carbocycles. The molecule has 19 heavy (non-hydrogen) atoms. The van der Waals surface area contributed by atoms with Crippen LogP contribution in [0.25, 0.3) is 0 Å². The smallest absolute Gasteiger partial charge is 0.407 e. The van der Waals surface area contributed by atoms with E-state index in [1.54, 1.807) is 18.5 Å². The number of amides is 1. The zero-order valence-electron chi connectivity index (χ0n) is 11.4. The Balaban J connectivity index is 2.18. The maximum Gasteiger partial charge on any atom is 0.407 e. The Morgan fingerprint density at radius 3 is 2.58 bits per heavy atom. The molecule has 0 bridgehead atoms. The van der Waals surface area contributed by atoms with Crippen LogP contribution in [0.4, 0.5) is 4.79 Å². The molecule has 1 aromatic rings. The summed E-state index contributed by atoms with van der Waals surface area (Å²) in [6.45, 7) is 6.53. The van der Waals surface area contributed by atoms with E-state index in [0.717, 1.165) is 0 Å². The normalized spacial score (nSPS) is 23.4. The minimum Gasteiger partial charge on any atom is -0.465 e. The first-order valence-electron chi connectivity index (χ1n) is 6.33. The molecule has 1 aliphatic heterocycles. The fraction of sp³-hybridized carbons (Fsp3) is 0.615. The molecule has 1 N–H and O–H groups in total. The fourth-order valence-corrected chi connectivity index (χ4v) is 2.61. The van der Waals surface area contributed by atoms with Gasteiger partial charge in [0.1, 0.15) is 6.10 Å². The molecule has 6 heteroatoms. The summed E-state index contributed by atoms with van der Waals surface area (Å²) in [6.07, 6.45) is 2.77. The van der Waals surface area contributed by atoms with Gasteiger partial charge in [0.05, 0.1) is 6.04 Å². The molecule has 2 atom stereocenters. The highest BCUT2D eigenvalue weighted by Crippen LogP contribution is 2.34. The molecule has 1 amide bonds. The van der Waals surface area contributed by atoms with Gasteiger partial charge in [-0.3, -0.25) is 0 Å². The summed E-state index contributed by atoms with van der Waals surface area (Å²) < 4.78 is 5.77. The molecule has 1 fully saturated rings. The average Bonchev–Trinajstić information content (AvgIpc) is 2.74. The predicted molar refractivity (Wildman–Crippen MR) is 69.0 cm³/mol. The van der Waals surface area contributed by atoms with E-state index in [-0.39, 0.29) is 17.6 Å². The van der Waals surface area contributed by atoms with Gasteiger partial charge in [0.15, 0.2) is 0 Å². The predicted octanol–water partition coefficient (Wildman–Crippen LogP) is 2.02. The summed E-state index contributed by atoms with van der Waals surface area (Å²) in [7, 11) is 0. The topological polar surface area (TPSA) is 75.6 Å². The van der Waals surface area contributed by atoms with Crippen molar-refractivity contribution in [3.8, 4) is 6.01 Å². The van der Waals surface area contributed by atoms with E-state index in [2.05, 4.69) is 9.97 Å². The maximum atomic E-state index is 11.3. The second-order valence-electron chi connectivity index (χ2n) is 5.76. The van der Waals surface area contributed by atoms with Crippen LogP contribution in [0.15, 0.2) is 18.5 Å². The van der Waals surface area contributed by atoms with Gasteiger partial charge in [-0.1, -0.05) is 20.8 Å². The summed E-state index contributed by atoms with van der Waals surface area (Å²) >= 11 is 0. The molecule has 2 rings (SSSR count). The third-order valence-electron chi connectivity index (χ3n) is 3.27. The van der Waals surface area contributed by atoms with Crippen LogP contribution in [-0.2, 0) is 0 Å². The van der Waals surface area contributed by atoms with E-state index in [1.807, 2.05) is 20.8 Å². The van der Waals surface area contributed by atoms with Gasteiger partial charge in [-0.2, -0.15) is 0 Å². The highest BCUT2D eigenvalue weighted by Gasteiger charge is 2.45. The van der Waals surface area contributed by atoms with Crippen molar-refractivity contribution in [3.05, 3.63) is 18.5 Å². The second-order valence-corrected chi connectivity index (χ2v) is 5.76. The summed E-state index contributed by atoms with van der Waals surface area (Å²) in [5, 5.41) is 9.27. The maximum absolute atomic E-state index is 11.3. The number of likely N-dealkylation sites (tertiary alicyclic amines) is 1. The monoisotopic (exact) mass is 265 g/mol. The molecule has 0 aromatic carbocycles. The zero-order chi connectivity index (χ0) is 14.0. The van der Waals surface area contributed by atoms with Crippen molar-refractivity contribution in [1.29, 1.82) is 0 Å². The lowest BCUT2D eigenvalue weighted by Crippen LogP contribution is -2.48. The van der Waals surface area contributed by atoms with E-state index < -0.39 is 6.09 Å². The lowest BCUT2D eigenvalue weighted by atomic mass is 9.84. The highest BCUT2D eigenvalue weighted by molar-refractivity contribution is 5.66. The Morgan fingerprint density at radius 1 is 1.42 bits per heavy atom. The van der Waals surface area contributed by atoms with Crippen molar-refractivity contribution >= 4 is 6.09 Å². The molecule has 0 aliphatic carbocycles. The van der Waals surface area contributed by atoms with Crippen molar-refractivity contribution < 1.29 is 14.6 Å². The Morgan fingerprint density at radius 2 is 2.05 bits per heavy atom. The highest BCUT2D eigenvalue weighted by atomic mass is 16.5. The molecule has 2 heterocycles. The van der Waals surface area contributed by atoms with Gasteiger partial charge in [0, 0.05) is 25.4 Å². The minimum atomic E-state index is -0.903. The molecule has 0 radical (unpaired) electrons. The van der Waals surface area contributed by atoms with E-state index in [1.165, 1.54) is 4.90 Å². The number of aromatic nitrogens is 2. The summed E-state index contributed by atoms with van der Waals surface area (Å²) in [5.74, 6) is 0. The molecule has 1 saturated heterocycles. The second kappa shape index (κ2) is 5.03. The van der Waals surface area contributed by atoms with E-state index in [4.69, 9.17) is 4.74 Å². The van der Waals surface area contributed by atoms with E-state index in [9.17, 15) is 9.90 Å². The Hall–Kier alpha value is -1.85. The van der Waals surface area contributed by atoms with Crippen LogP contribution in [0.3, 0.4) is 0 Å². The Kier molecular flexibility index (Phi) is 3.59. The first-order valence-corrected chi connectivity index (χ1v) is 6.33. The third kappa shape index (κ3) is 2.94. The van der Waals surface area contributed by atoms with Crippen LogP contribution in [0.2, 0.25) is 0 Å². The summed E-state index contributed by atoms with van der Waals surface area (Å²) in [5.41, 5.74) is -0.200. The first-order chi connectivity index (χ1) is 8.89. The lowest BCUT2D eigenvalue weighted by Gasteiger charge is -2.36. The SMILES string of the molecule is CC(C)(C)C1C(Oc2ncccn2)CCN1C(=O)O. The van der Waals surface area contributed by atoms with Gasteiger partial charge in [-0.15, -0.1) is 0 Å². The van der Waals surface area contributed by atoms with Crippen molar-refractivity contribution in [2.45, 2.75) is 39.3 Å². The lowest BCUT2D eigenvalue weighted by molar-refractivity contribution is 0.0530. The number of nitrogens with zero attached hydrogens (tertiary/aromatic N) is 3. The fourth-order valence-electron chi connectivity index (χ4n) is 2.61. The molecular formula is C13H19N3O3. The van der Waals surface area contributed by atoms with Gasteiger partial charge in [-0.25, -0.2) is 14.8 Å². The molecular weight excluding hydrogens is 246 g/mol. The van der Waals surface area contributed by atoms with Crippen LogP contribution < -0.4 is 4.74 Å². The molecule has 104 valence electrons. The van der Waals surface area contributed by atoms with Crippen LogP contribution in [-0.4, -0.2) is 44.8 Å². The van der Waals surface area contributed by atoms with Crippen LogP contribution in [0.1, 0.15) is 27.2 Å². The largest absolute Gasteiger partial charge is 0.465 e. The Bertz CT molecular complexity index is 444. The zero-order valence-corrected chi connectivity index (χ0v) is 11.4. The van der Waals surface area contributed by atoms with Gasteiger partial charge in [0.2, 0.25) is 0 Å². The molecule has 2 unspecified atom stereocenters. The molecule has 1 aromatic heterocycles.